The van der Waals surface area contributed by atoms with Gasteiger partial charge in [0, 0.05) is 31.1 Å². The Bertz CT molecular complexity index is 543. The standard InChI is InChI=1S/C15H26N6OS/c1-10-11(2)23-14(19-10)8-18-15(17-3)20-12-4-6-21(7-5-12)9-13(16)22/h12H,4-9H2,1-3H3,(H2,16,22)(H2,17,18,20). The average Bonchev–Trinajstić information content (AvgIpc) is 2.83. The zero-order valence-corrected chi connectivity index (χ0v) is 14.9. The summed E-state index contributed by atoms with van der Waals surface area (Å²) in [4.78, 5) is 23.1. The van der Waals surface area contributed by atoms with Crippen molar-refractivity contribution >= 4 is 23.2 Å². The summed E-state index contributed by atoms with van der Waals surface area (Å²) >= 11 is 1.71. The fourth-order valence-electron chi connectivity index (χ4n) is 2.62. The molecular formula is C15H26N6OS. The lowest BCUT2D eigenvalue weighted by Crippen LogP contribution is -2.49. The molecule has 0 aromatic carbocycles. The molecule has 0 spiro atoms. The lowest BCUT2D eigenvalue weighted by atomic mass is 10.1. The number of rotatable bonds is 5. The molecule has 1 aliphatic heterocycles. The van der Waals surface area contributed by atoms with Gasteiger partial charge in [-0.2, -0.15) is 0 Å². The summed E-state index contributed by atoms with van der Waals surface area (Å²) in [5.41, 5.74) is 6.33. The van der Waals surface area contributed by atoms with E-state index in [0.717, 1.165) is 42.6 Å². The van der Waals surface area contributed by atoms with Gasteiger partial charge in [0.1, 0.15) is 5.01 Å². The van der Waals surface area contributed by atoms with Crippen LogP contribution < -0.4 is 16.4 Å². The van der Waals surface area contributed by atoms with E-state index in [-0.39, 0.29) is 5.91 Å². The van der Waals surface area contributed by atoms with Gasteiger partial charge in [0.2, 0.25) is 5.91 Å². The molecule has 128 valence electrons. The van der Waals surface area contributed by atoms with E-state index in [4.69, 9.17) is 5.73 Å². The van der Waals surface area contributed by atoms with Crippen LogP contribution in [0.1, 0.15) is 28.4 Å². The fraction of sp³-hybridized carbons (Fsp3) is 0.667. The number of hydrogen-bond acceptors (Lipinski definition) is 5. The Balaban J connectivity index is 1.76. The van der Waals surface area contributed by atoms with Gasteiger partial charge in [-0.15, -0.1) is 11.3 Å². The number of carbonyl (C=O) groups is 1. The summed E-state index contributed by atoms with van der Waals surface area (Å²) in [6.45, 7) is 6.90. The normalized spacial score (nSPS) is 17.3. The first-order valence-electron chi connectivity index (χ1n) is 7.88. The van der Waals surface area contributed by atoms with Crippen molar-refractivity contribution < 1.29 is 4.79 Å². The van der Waals surface area contributed by atoms with E-state index in [0.29, 0.717) is 19.1 Å². The minimum atomic E-state index is -0.261. The van der Waals surface area contributed by atoms with Gasteiger partial charge >= 0.3 is 0 Å². The highest BCUT2D eigenvalue weighted by Gasteiger charge is 2.20. The van der Waals surface area contributed by atoms with Gasteiger partial charge in [0.05, 0.1) is 18.8 Å². The summed E-state index contributed by atoms with van der Waals surface area (Å²) in [5.74, 6) is 0.534. The van der Waals surface area contributed by atoms with E-state index < -0.39 is 0 Å². The van der Waals surface area contributed by atoms with Crippen molar-refractivity contribution in [3.05, 3.63) is 15.6 Å². The predicted octanol–water partition coefficient (Wildman–Crippen LogP) is 0.375. The van der Waals surface area contributed by atoms with Crippen molar-refractivity contribution in [3.8, 4) is 0 Å². The number of piperidine rings is 1. The SMILES string of the molecule is CN=C(NCc1nc(C)c(C)s1)NC1CCN(CC(N)=O)CC1. The second kappa shape index (κ2) is 8.26. The Kier molecular flexibility index (Phi) is 6.35. The molecule has 8 heteroatoms. The molecule has 1 saturated heterocycles. The highest BCUT2D eigenvalue weighted by Crippen LogP contribution is 2.16. The zero-order valence-electron chi connectivity index (χ0n) is 14.1. The molecule has 0 aliphatic carbocycles. The third-order valence-corrected chi connectivity index (χ3v) is 5.08. The van der Waals surface area contributed by atoms with Gasteiger partial charge in [0.25, 0.3) is 0 Å². The number of nitrogens with one attached hydrogen (secondary N) is 2. The molecule has 1 aromatic heterocycles. The van der Waals surface area contributed by atoms with Crippen LogP contribution in [0, 0.1) is 13.8 Å². The number of aromatic nitrogens is 1. The monoisotopic (exact) mass is 338 g/mol. The molecule has 7 nitrogen and oxygen atoms in total. The van der Waals surface area contributed by atoms with Gasteiger partial charge < -0.3 is 16.4 Å². The summed E-state index contributed by atoms with van der Waals surface area (Å²) in [5, 5.41) is 7.83. The highest BCUT2D eigenvalue weighted by molar-refractivity contribution is 7.11. The maximum absolute atomic E-state index is 10.9. The van der Waals surface area contributed by atoms with Crippen molar-refractivity contribution in [3.63, 3.8) is 0 Å². The number of carbonyl (C=O) groups excluding carboxylic acids is 1. The van der Waals surface area contributed by atoms with Gasteiger partial charge in [-0.3, -0.25) is 14.7 Å². The first-order chi connectivity index (χ1) is 11.0. The fourth-order valence-corrected chi connectivity index (χ4v) is 3.49. The first kappa shape index (κ1) is 17.7. The number of hydrogen-bond donors (Lipinski definition) is 3. The number of primary amides is 1. The minimum Gasteiger partial charge on any atom is -0.369 e. The third-order valence-electron chi connectivity index (χ3n) is 4.01. The van der Waals surface area contributed by atoms with Gasteiger partial charge in [-0.25, -0.2) is 4.98 Å². The Morgan fingerprint density at radius 3 is 2.65 bits per heavy atom. The van der Waals surface area contributed by atoms with Crippen LogP contribution in [0.5, 0.6) is 0 Å². The molecule has 0 saturated carbocycles. The summed E-state index contributed by atoms with van der Waals surface area (Å²) < 4.78 is 0. The molecule has 1 amide bonds. The molecule has 0 radical (unpaired) electrons. The maximum Gasteiger partial charge on any atom is 0.231 e. The van der Waals surface area contributed by atoms with Crippen LogP contribution in [0.4, 0.5) is 0 Å². The summed E-state index contributed by atoms with van der Waals surface area (Å²) in [7, 11) is 1.77. The number of likely N-dealkylation sites (tertiary alicyclic amines) is 1. The lowest BCUT2D eigenvalue weighted by molar-refractivity contribution is -0.119. The van der Waals surface area contributed by atoms with Crippen molar-refractivity contribution in [2.75, 3.05) is 26.7 Å². The van der Waals surface area contributed by atoms with Crippen LogP contribution in [0.2, 0.25) is 0 Å². The number of aliphatic imine (C=N–C) groups is 1. The van der Waals surface area contributed by atoms with E-state index in [1.807, 2.05) is 6.92 Å². The number of nitrogens with two attached hydrogens (primary N) is 1. The predicted molar refractivity (Wildman–Crippen MR) is 93.6 cm³/mol. The first-order valence-corrected chi connectivity index (χ1v) is 8.70. The van der Waals surface area contributed by atoms with Crippen LogP contribution in [0.15, 0.2) is 4.99 Å². The van der Waals surface area contributed by atoms with E-state index in [1.165, 1.54) is 4.88 Å². The number of amides is 1. The van der Waals surface area contributed by atoms with E-state index >= 15 is 0 Å². The van der Waals surface area contributed by atoms with E-state index in [1.54, 1.807) is 18.4 Å². The molecule has 23 heavy (non-hydrogen) atoms. The summed E-state index contributed by atoms with van der Waals surface area (Å²) in [6, 6.07) is 0.366. The van der Waals surface area contributed by atoms with Crippen LogP contribution in [0.3, 0.4) is 0 Å². The highest BCUT2D eigenvalue weighted by atomic mass is 32.1. The Morgan fingerprint density at radius 1 is 1.43 bits per heavy atom. The molecular weight excluding hydrogens is 312 g/mol. The number of aryl methyl sites for hydroxylation is 2. The number of nitrogens with zero attached hydrogens (tertiary/aromatic N) is 3. The second-order valence-corrected chi connectivity index (χ2v) is 7.12. The van der Waals surface area contributed by atoms with Crippen LogP contribution in [-0.4, -0.2) is 54.5 Å². The van der Waals surface area contributed by atoms with E-state index in [2.05, 4.69) is 32.4 Å². The Morgan fingerprint density at radius 2 is 2.13 bits per heavy atom. The molecule has 2 rings (SSSR count). The summed E-state index contributed by atoms with van der Waals surface area (Å²) in [6.07, 6.45) is 1.95. The number of thiazole rings is 1. The molecule has 2 heterocycles. The van der Waals surface area contributed by atoms with Crippen molar-refractivity contribution in [1.82, 2.24) is 20.5 Å². The average molecular weight is 338 g/mol. The lowest BCUT2D eigenvalue weighted by Gasteiger charge is -2.32. The van der Waals surface area contributed by atoms with Crippen molar-refractivity contribution in [2.45, 2.75) is 39.3 Å². The van der Waals surface area contributed by atoms with Crippen molar-refractivity contribution in [2.24, 2.45) is 10.7 Å². The molecule has 0 atom stereocenters. The molecule has 1 aromatic rings. The molecule has 0 unspecified atom stereocenters. The minimum absolute atomic E-state index is 0.261. The molecule has 0 bridgehead atoms. The second-order valence-electron chi connectivity index (χ2n) is 5.84. The topological polar surface area (TPSA) is 95.6 Å². The molecule has 1 fully saturated rings. The van der Waals surface area contributed by atoms with Crippen LogP contribution >= 0.6 is 11.3 Å². The van der Waals surface area contributed by atoms with Gasteiger partial charge in [0.15, 0.2) is 5.96 Å². The van der Waals surface area contributed by atoms with Gasteiger partial charge in [-0.05, 0) is 26.7 Å². The van der Waals surface area contributed by atoms with E-state index in [9.17, 15) is 4.79 Å². The number of guanidine groups is 1. The Labute approximate surface area is 141 Å². The quantitative estimate of drug-likeness (QED) is 0.533. The molecule has 4 N–H and O–H groups in total. The third kappa shape index (κ3) is 5.47. The van der Waals surface area contributed by atoms with Gasteiger partial charge in [-0.1, -0.05) is 0 Å². The van der Waals surface area contributed by atoms with Crippen molar-refractivity contribution in [1.29, 1.82) is 0 Å². The smallest absolute Gasteiger partial charge is 0.231 e. The largest absolute Gasteiger partial charge is 0.369 e. The van der Waals surface area contributed by atoms with Crippen LogP contribution in [-0.2, 0) is 11.3 Å². The Hall–Kier alpha value is -1.67. The maximum atomic E-state index is 10.9. The zero-order chi connectivity index (χ0) is 16.8. The van der Waals surface area contributed by atoms with Crippen LogP contribution in [0.25, 0.3) is 0 Å². The molecule has 1 aliphatic rings.